The highest BCUT2D eigenvalue weighted by Gasteiger charge is 2.13. The summed E-state index contributed by atoms with van der Waals surface area (Å²) in [6, 6.07) is 6.01. The number of alkyl halides is 1. The average Bonchev–Trinajstić information content (AvgIpc) is 2.71. The molecule has 0 aliphatic carbocycles. The minimum absolute atomic E-state index is 0.0627. The number of anilines is 2. The van der Waals surface area contributed by atoms with Crippen LogP contribution in [-0.2, 0) is 4.74 Å². The fraction of sp³-hybridized carbons (Fsp3) is 0.222. The quantitative estimate of drug-likeness (QED) is 0.190. The van der Waals surface area contributed by atoms with Crippen LogP contribution in [0.15, 0.2) is 33.2 Å². The van der Waals surface area contributed by atoms with Gasteiger partial charge in [0.15, 0.2) is 0 Å². The van der Waals surface area contributed by atoms with E-state index >= 15 is 0 Å². The van der Waals surface area contributed by atoms with Gasteiger partial charge in [-0.05, 0) is 48.9 Å². The zero-order chi connectivity index (χ0) is 22.7. The summed E-state index contributed by atoms with van der Waals surface area (Å²) in [7, 11) is 4.32. The zero-order valence-electron chi connectivity index (χ0n) is 16.1. The predicted molar refractivity (Wildman–Crippen MR) is 128 cm³/mol. The van der Waals surface area contributed by atoms with Crippen molar-refractivity contribution in [3.05, 3.63) is 44.3 Å². The summed E-state index contributed by atoms with van der Waals surface area (Å²) < 4.78 is 15.8. The van der Waals surface area contributed by atoms with E-state index < -0.39 is 11.9 Å². The number of hydrogen-bond donors (Lipinski definition) is 3. The highest BCUT2D eigenvalue weighted by atomic mass is 127. The van der Waals surface area contributed by atoms with E-state index in [2.05, 4.69) is 59.2 Å². The van der Waals surface area contributed by atoms with Crippen molar-refractivity contribution in [1.29, 1.82) is 0 Å². The van der Waals surface area contributed by atoms with Gasteiger partial charge in [0.2, 0.25) is 0 Å². The highest BCUT2D eigenvalue weighted by Crippen LogP contribution is 2.30. The van der Waals surface area contributed by atoms with E-state index in [1.165, 1.54) is 33.5 Å². The smallest absolute Gasteiger partial charge is 0.339 e. The second kappa shape index (κ2) is 13.5. The fourth-order valence-electron chi connectivity index (χ4n) is 1.92. The van der Waals surface area contributed by atoms with Gasteiger partial charge in [-0.2, -0.15) is 0 Å². The minimum atomic E-state index is -1.05. The number of halogens is 3. The third-order valence-corrected chi connectivity index (χ3v) is 4.52. The van der Waals surface area contributed by atoms with Crippen molar-refractivity contribution in [3.8, 4) is 11.5 Å². The molecule has 0 heterocycles. The first kappa shape index (κ1) is 27.3. The van der Waals surface area contributed by atoms with Crippen molar-refractivity contribution < 1.29 is 28.9 Å². The lowest BCUT2D eigenvalue weighted by Gasteiger charge is -2.08. The monoisotopic (exact) mass is 646 g/mol. The first-order chi connectivity index (χ1) is 13.7. The molecule has 0 aliphatic heterocycles. The first-order valence-electron chi connectivity index (χ1n) is 7.61. The Hall–Kier alpha value is -1.73. The molecule has 0 saturated carbocycles. The molecule has 11 heteroatoms. The van der Waals surface area contributed by atoms with Crippen LogP contribution in [0, 0.1) is 0 Å². The van der Waals surface area contributed by atoms with E-state index in [1.54, 1.807) is 12.1 Å². The Bertz CT molecular complexity index is 865. The van der Waals surface area contributed by atoms with Gasteiger partial charge in [0, 0.05) is 23.5 Å². The normalized spacial score (nSPS) is 9.21. The molecule has 160 valence electrons. The lowest BCUT2D eigenvalue weighted by atomic mass is 10.2. The van der Waals surface area contributed by atoms with Crippen LogP contribution in [0.4, 0.5) is 11.4 Å². The van der Waals surface area contributed by atoms with Crippen molar-refractivity contribution in [1.82, 2.24) is 0 Å². The van der Waals surface area contributed by atoms with Crippen LogP contribution in [0.5, 0.6) is 11.5 Å². The van der Waals surface area contributed by atoms with Gasteiger partial charge in [0.1, 0.15) is 11.5 Å². The number of carboxylic acids is 1. The van der Waals surface area contributed by atoms with E-state index in [4.69, 9.17) is 26.0 Å². The second-order valence-electron chi connectivity index (χ2n) is 4.94. The number of benzene rings is 2. The van der Waals surface area contributed by atoms with Crippen molar-refractivity contribution in [2.75, 3.05) is 37.7 Å². The molecule has 0 fully saturated rings. The summed E-state index contributed by atoms with van der Waals surface area (Å²) >= 11 is 8.57. The second-order valence-corrected chi connectivity index (χ2v) is 6.65. The Kier molecular flexibility index (Phi) is 12.7. The van der Waals surface area contributed by atoms with E-state index in [1.807, 2.05) is 4.93 Å². The Balaban J connectivity index is 0.000000499. The molecule has 29 heavy (non-hydrogen) atoms. The third kappa shape index (κ3) is 7.90. The molecule has 0 atom stereocenters. The van der Waals surface area contributed by atoms with E-state index in [0.717, 1.165) is 0 Å². The van der Waals surface area contributed by atoms with Crippen molar-refractivity contribution in [2.45, 2.75) is 0 Å². The number of esters is 1. The first-order valence-corrected chi connectivity index (χ1v) is 11.4. The maximum atomic E-state index is 11.2. The molecule has 0 saturated heterocycles. The SMILES string of the molecule is CI.COC(=O)c1cc(Br)c(OC)cc1N.COc1cc(N)c(C(=O)O)cc1Br. The third-order valence-electron chi connectivity index (χ3n) is 3.28. The number of nitrogen functional groups attached to an aromatic ring is 2. The summed E-state index contributed by atoms with van der Waals surface area (Å²) in [6.45, 7) is 0. The van der Waals surface area contributed by atoms with Gasteiger partial charge in [-0.1, -0.05) is 22.6 Å². The molecule has 0 radical (unpaired) electrons. The molecule has 2 aromatic rings. The zero-order valence-corrected chi connectivity index (χ0v) is 21.4. The average molecular weight is 648 g/mol. The Labute approximate surface area is 199 Å². The summed E-state index contributed by atoms with van der Waals surface area (Å²) in [6.07, 6.45) is 0. The van der Waals surface area contributed by atoms with Gasteiger partial charge >= 0.3 is 11.9 Å². The Morgan fingerprint density at radius 3 is 1.59 bits per heavy atom. The molecule has 2 rings (SSSR count). The molecular formula is C18H21Br2IN2O6. The standard InChI is InChI=1S/C9H10BrNO3.C8H8BrNO3.CH3I/c1-13-8-4-7(11)5(3-6(8)10)9(12)14-2;1-13-7-3-6(10)4(8(11)12)2-5(7)9;1-2/h3-4H,11H2,1-2H3;2-3H,10H2,1H3,(H,11,12);1H3. The van der Waals surface area contributed by atoms with Gasteiger partial charge in [0.05, 0.1) is 41.4 Å². The fourth-order valence-corrected chi connectivity index (χ4v) is 2.93. The maximum Gasteiger partial charge on any atom is 0.339 e. The van der Waals surface area contributed by atoms with Crippen LogP contribution in [-0.4, -0.2) is 43.3 Å². The molecule has 0 unspecified atom stereocenters. The summed E-state index contributed by atoms with van der Waals surface area (Å²) in [5.41, 5.74) is 12.0. The van der Waals surface area contributed by atoms with Gasteiger partial charge in [-0.25, -0.2) is 9.59 Å². The molecule has 5 N–H and O–H groups in total. The number of rotatable bonds is 4. The van der Waals surface area contributed by atoms with Gasteiger partial charge < -0.3 is 30.8 Å². The molecule has 0 spiro atoms. The van der Waals surface area contributed by atoms with Crippen LogP contribution in [0.1, 0.15) is 20.7 Å². The number of carboxylic acid groups (broad SMARTS) is 1. The largest absolute Gasteiger partial charge is 0.495 e. The number of carbonyl (C=O) groups is 2. The number of aromatic carboxylic acids is 1. The van der Waals surface area contributed by atoms with Crippen LogP contribution < -0.4 is 20.9 Å². The predicted octanol–water partition coefficient (Wildman–Crippen LogP) is 4.62. The molecule has 0 amide bonds. The Morgan fingerprint density at radius 2 is 1.24 bits per heavy atom. The van der Waals surface area contributed by atoms with Crippen molar-refractivity contribution in [2.24, 2.45) is 0 Å². The Morgan fingerprint density at radius 1 is 0.862 bits per heavy atom. The van der Waals surface area contributed by atoms with Crippen LogP contribution in [0.3, 0.4) is 0 Å². The molecule has 0 aromatic heterocycles. The van der Waals surface area contributed by atoms with E-state index in [-0.39, 0.29) is 11.3 Å². The van der Waals surface area contributed by atoms with Crippen molar-refractivity contribution >= 4 is 77.8 Å². The topological polar surface area (TPSA) is 134 Å². The molecule has 0 aliphatic rings. The molecule has 0 bridgehead atoms. The van der Waals surface area contributed by atoms with Gasteiger partial charge in [-0.3, -0.25) is 0 Å². The number of ether oxygens (including phenoxy) is 3. The van der Waals surface area contributed by atoms with Gasteiger partial charge in [0.25, 0.3) is 0 Å². The van der Waals surface area contributed by atoms with Crippen LogP contribution >= 0.6 is 54.5 Å². The lowest BCUT2D eigenvalue weighted by molar-refractivity contribution is 0.0601. The molecule has 2 aromatic carbocycles. The lowest BCUT2D eigenvalue weighted by Crippen LogP contribution is -2.06. The number of hydrogen-bond acceptors (Lipinski definition) is 7. The molecule has 8 nitrogen and oxygen atoms in total. The van der Waals surface area contributed by atoms with Gasteiger partial charge in [-0.15, -0.1) is 0 Å². The summed E-state index contributed by atoms with van der Waals surface area (Å²) in [5.74, 6) is -0.427. The number of nitrogens with two attached hydrogens (primary N) is 2. The minimum Gasteiger partial charge on any atom is -0.495 e. The number of carbonyl (C=O) groups excluding carboxylic acids is 1. The maximum absolute atomic E-state index is 11.2. The summed E-state index contributed by atoms with van der Waals surface area (Å²) in [4.78, 5) is 23.8. The highest BCUT2D eigenvalue weighted by molar-refractivity contribution is 14.1. The van der Waals surface area contributed by atoms with E-state index in [9.17, 15) is 9.59 Å². The summed E-state index contributed by atoms with van der Waals surface area (Å²) in [5, 5.41) is 8.71. The number of methoxy groups -OCH3 is 3. The van der Waals surface area contributed by atoms with E-state index in [0.29, 0.717) is 31.7 Å². The van der Waals surface area contributed by atoms with Crippen molar-refractivity contribution in [3.63, 3.8) is 0 Å². The van der Waals surface area contributed by atoms with Crippen LogP contribution in [0.25, 0.3) is 0 Å². The molecular weight excluding hydrogens is 627 g/mol. The van der Waals surface area contributed by atoms with Crippen LogP contribution in [0.2, 0.25) is 0 Å².